The molecule has 0 amide bonds. The Bertz CT molecular complexity index is 503. The summed E-state index contributed by atoms with van der Waals surface area (Å²) in [7, 11) is 1.52. The van der Waals surface area contributed by atoms with Crippen LogP contribution in [0.1, 0.15) is 64.0 Å². The molecule has 0 spiro atoms. The van der Waals surface area contributed by atoms with Crippen molar-refractivity contribution in [3.8, 4) is 17.2 Å². The molecular formula is C17H26O3. The van der Waals surface area contributed by atoms with Crippen LogP contribution < -0.4 is 4.74 Å². The van der Waals surface area contributed by atoms with Gasteiger partial charge in [-0.2, -0.15) is 0 Å². The Morgan fingerprint density at radius 2 is 1.75 bits per heavy atom. The molecule has 0 heterocycles. The Hall–Kier alpha value is -1.38. The molecule has 2 unspecified atom stereocenters. The highest BCUT2D eigenvalue weighted by Gasteiger charge is 2.49. The van der Waals surface area contributed by atoms with Crippen molar-refractivity contribution in [2.45, 2.75) is 58.3 Å². The van der Waals surface area contributed by atoms with Gasteiger partial charge in [0, 0.05) is 5.56 Å². The minimum atomic E-state index is -0.125. The van der Waals surface area contributed by atoms with Gasteiger partial charge in [-0.15, -0.1) is 0 Å². The van der Waals surface area contributed by atoms with E-state index in [1.807, 2.05) is 6.07 Å². The zero-order valence-electron chi connectivity index (χ0n) is 13.2. The molecular weight excluding hydrogens is 252 g/mol. The van der Waals surface area contributed by atoms with Crippen molar-refractivity contribution in [3.63, 3.8) is 0 Å². The maximum Gasteiger partial charge on any atom is 0.200 e. The molecule has 1 aromatic rings. The Morgan fingerprint density at radius 1 is 1.15 bits per heavy atom. The first-order chi connectivity index (χ1) is 9.48. The summed E-state index contributed by atoms with van der Waals surface area (Å²) in [5, 5.41) is 20.5. The van der Waals surface area contributed by atoms with Gasteiger partial charge in [-0.25, -0.2) is 0 Å². The summed E-state index contributed by atoms with van der Waals surface area (Å²) in [4.78, 5) is 0. The minimum absolute atomic E-state index is 0.0156. The number of phenolic OH excluding ortho intramolecular Hbond substituents is 2. The summed E-state index contributed by atoms with van der Waals surface area (Å²) in [5.41, 5.74) is 2.16. The topological polar surface area (TPSA) is 49.7 Å². The third-order valence-electron chi connectivity index (χ3n) is 5.58. The van der Waals surface area contributed by atoms with E-state index in [1.165, 1.54) is 7.11 Å². The first-order valence-corrected chi connectivity index (χ1v) is 7.61. The molecule has 1 aliphatic rings. The molecule has 0 radical (unpaired) electrons. The quantitative estimate of drug-likeness (QED) is 0.807. The van der Waals surface area contributed by atoms with Crippen LogP contribution in [-0.2, 0) is 5.41 Å². The first kappa shape index (κ1) is 15.0. The summed E-state index contributed by atoms with van der Waals surface area (Å²) >= 11 is 0. The van der Waals surface area contributed by atoms with E-state index >= 15 is 0 Å². The van der Waals surface area contributed by atoms with E-state index in [9.17, 15) is 10.2 Å². The van der Waals surface area contributed by atoms with Gasteiger partial charge in [0.05, 0.1) is 7.11 Å². The van der Waals surface area contributed by atoms with E-state index in [2.05, 4.69) is 27.7 Å². The lowest BCUT2D eigenvalue weighted by Crippen LogP contribution is -2.29. The Balaban J connectivity index is 2.78. The predicted octanol–water partition coefficient (Wildman–Crippen LogP) is 4.31. The van der Waals surface area contributed by atoms with Crippen molar-refractivity contribution in [1.29, 1.82) is 0 Å². The second-order valence-corrected chi connectivity index (χ2v) is 5.90. The van der Waals surface area contributed by atoms with Crippen LogP contribution in [0.2, 0.25) is 0 Å². The number of methoxy groups -OCH3 is 1. The number of rotatable bonds is 4. The van der Waals surface area contributed by atoms with Crippen molar-refractivity contribution >= 4 is 0 Å². The van der Waals surface area contributed by atoms with E-state index in [1.54, 1.807) is 0 Å². The Morgan fingerprint density at radius 3 is 2.20 bits per heavy atom. The summed E-state index contributed by atoms with van der Waals surface area (Å²) in [5.74, 6) is 1.01. The first-order valence-electron chi connectivity index (χ1n) is 7.61. The smallest absolute Gasteiger partial charge is 0.200 e. The van der Waals surface area contributed by atoms with Crippen molar-refractivity contribution in [3.05, 3.63) is 17.2 Å². The van der Waals surface area contributed by atoms with Gasteiger partial charge in [0.15, 0.2) is 11.5 Å². The molecule has 2 N–H and O–H groups in total. The fourth-order valence-electron chi connectivity index (χ4n) is 4.30. The number of fused-ring (bicyclic) bond motifs is 1. The molecule has 3 nitrogen and oxygen atoms in total. The minimum Gasteiger partial charge on any atom is -0.504 e. The molecule has 1 aromatic carbocycles. The second kappa shape index (κ2) is 5.19. The number of phenols is 2. The SMILES string of the molecule is CCC1c2c(cc(OC)c(O)c2O)C(CC)(CC)C1C. The number of aromatic hydroxyl groups is 2. The number of hydrogen-bond acceptors (Lipinski definition) is 3. The van der Waals surface area contributed by atoms with E-state index in [4.69, 9.17) is 4.74 Å². The lowest BCUT2D eigenvalue weighted by atomic mass is 9.69. The van der Waals surface area contributed by atoms with Crippen LogP contribution in [0, 0.1) is 5.92 Å². The highest BCUT2D eigenvalue weighted by atomic mass is 16.5. The van der Waals surface area contributed by atoms with Crippen LogP contribution >= 0.6 is 0 Å². The van der Waals surface area contributed by atoms with Crippen LogP contribution in [0.15, 0.2) is 6.07 Å². The van der Waals surface area contributed by atoms with Crippen LogP contribution in [0.25, 0.3) is 0 Å². The van der Waals surface area contributed by atoms with Crippen LogP contribution in [0.4, 0.5) is 0 Å². The van der Waals surface area contributed by atoms with Crippen LogP contribution in [0.5, 0.6) is 17.2 Å². The summed E-state index contributed by atoms with van der Waals surface area (Å²) in [6.45, 7) is 8.83. The van der Waals surface area contributed by atoms with Crippen LogP contribution in [-0.4, -0.2) is 17.3 Å². The molecule has 0 saturated carbocycles. The molecule has 2 rings (SSSR count). The fourth-order valence-corrected chi connectivity index (χ4v) is 4.30. The monoisotopic (exact) mass is 278 g/mol. The normalized spacial score (nSPS) is 23.6. The molecule has 0 fully saturated rings. The molecule has 3 heteroatoms. The van der Waals surface area contributed by atoms with E-state index in [0.29, 0.717) is 17.6 Å². The van der Waals surface area contributed by atoms with Gasteiger partial charge in [0.1, 0.15) is 0 Å². The van der Waals surface area contributed by atoms with Crippen LogP contribution in [0.3, 0.4) is 0 Å². The molecule has 0 bridgehead atoms. The van der Waals surface area contributed by atoms with E-state index < -0.39 is 0 Å². The standard InChI is InChI=1S/C17H26O3/c1-6-11-10(4)17(7-2,8-3)12-9-13(20-5)15(18)16(19)14(11)12/h9-11,18-19H,6-8H2,1-5H3. The summed E-state index contributed by atoms with van der Waals surface area (Å²) in [6, 6.07) is 1.93. The van der Waals surface area contributed by atoms with Gasteiger partial charge in [-0.05, 0) is 48.1 Å². The van der Waals surface area contributed by atoms with E-state index in [-0.39, 0.29) is 16.9 Å². The molecule has 2 atom stereocenters. The lowest BCUT2D eigenvalue weighted by molar-refractivity contribution is 0.256. The number of ether oxygens (including phenoxy) is 1. The average Bonchev–Trinajstić information content (AvgIpc) is 2.71. The molecule has 1 aliphatic carbocycles. The molecule has 0 aliphatic heterocycles. The van der Waals surface area contributed by atoms with Gasteiger partial charge in [0.2, 0.25) is 5.75 Å². The largest absolute Gasteiger partial charge is 0.504 e. The highest BCUT2D eigenvalue weighted by Crippen LogP contribution is 2.60. The number of benzene rings is 1. The zero-order valence-corrected chi connectivity index (χ0v) is 13.2. The lowest BCUT2D eigenvalue weighted by Gasteiger charge is -2.34. The Labute approximate surface area is 121 Å². The highest BCUT2D eigenvalue weighted by molar-refractivity contribution is 5.63. The van der Waals surface area contributed by atoms with Gasteiger partial charge in [-0.1, -0.05) is 27.7 Å². The number of hydrogen-bond donors (Lipinski definition) is 2. The summed E-state index contributed by atoms with van der Waals surface area (Å²) < 4.78 is 5.23. The average molecular weight is 278 g/mol. The van der Waals surface area contributed by atoms with Gasteiger partial charge < -0.3 is 14.9 Å². The molecule has 0 aromatic heterocycles. The summed E-state index contributed by atoms with van der Waals surface area (Å²) in [6.07, 6.45) is 3.03. The molecule has 0 saturated heterocycles. The van der Waals surface area contributed by atoms with Crippen molar-refractivity contribution in [2.24, 2.45) is 5.92 Å². The maximum atomic E-state index is 10.4. The fraction of sp³-hybridized carbons (Fsp3) is 0.647. The zero-order chi connectivity index (χ0) is 15.1. The van der Waals surface area contributed by atoms with Crippen molar-refractivity contribution in [1.82, 2.24) is 0 Å². The Kier molecular flexibility index (Phi) is 3.90. The van der Waals surface area contributed by atoms with Gasteiger partial charge >= 0.3 is 0 Å². The third kappa shape index (κ3) is 1.72. The van der Waals surface area contributed by atoms with Gasteiger partial charge in [-0.3, -0.25) is 0 Å². The third-order valence-corrected chi connectivity index (χ3v) is 5.58. The second-order valence-electron chi connectivity index (χ2n) is 5.90. The molecule has 20 heavy (non-hydrogen) atoms. The van der Waals surface area contributed by atoms with Crippen molar-refractivity contribution in [2.75, 3.05) is 7.11 Å². The maximum absolute atomic E-state index is 10.4. The van der Waals surface area contributed by atoms with Crippen molar-refractivity contribution < 1.29 is 14.9 Å². The molecule has 112 valence electrons. The van der Waals surface area contributed by atoms with Gasteiger partial charge in [0.25, 0.3) is 0 Å². The van der Waals surface area contributed by atoms with E-state index in [0.717, 1.165) is 30.4 Å². The predicted molar refractivity (Wildman–Crippen MR) is 80.8 cm³/mol.